The van der Waals surface area contributed by atoms with Crippen LogP contribution in [0.5, 0.6) is 0 Å². The Balaban J connectivity index is 1.63. The Morgan fingerprint density at radius 1 is 0.812 bits per heavy atom. The summed E-state index contributed by atoms with van der Waals surface area (Å²) in [5.74, 6) is 5.81. The Hall–Kier alpha value is -3.40. The maximum absolute atomic E-state index is 12.6. The molecule has 0 radical (unpaired) electrons. The van der Waals surface area contributed by atoms with Crippen molar-refractivity contribution in [3.63, 3.8) is 0 Å². The molecule has 0 aliphatic rings. The highest BCUT2D eigenvalue weighted by atomic mass is 32.2. The molecule has 1 amide bonds. The van der Waals surface area contributed by atoms with E-state index in [0.29, 0.717) is 11.1 Å². The lowest BCUT2D eigenvalue weighted by atomic mass is 10.1. The first-order valence-electron chi connectivity index (χ1n) is 10.3. The van der Waals surface area contributed by atoms with E-state index in [1.54, 1.807) is 38.1 Å². The minimum absolute atomic E-state index is 0.133. The van der Waals surface area contributed by atoms with Gasteiger partial charge in [0.1, 0.15) is 0 Å². The van der Waals surface area contributed by atoms with E-state index < -0.39 is 10.0 Å². The maximum Gasteiger partial charge on any atom is 0.251 e. The molecule has 0 aromatic heterocycles. The predicted octanol–water partition coefficient (Wildman–Crippen LogP) is 3.84. The monoisotopic (exact) mass is 446 g/mol. The van der Waals surface area contributed by atoms with Crippen molar-refractivity contribution >= 4 is 15.9 Å². The first-order valence-corrected chi connectivity index (χ1v) is 12.0. The quantitative estimate of drug-likeness (QED) is 0.542. The third-order valence-corrected chi connectivity index (χ3v) is 6.11. The molecule has 32 heavy (non-hydrogen) atoms. The highest BCUT2D eigenvalue weighted by molar-refractivity contribution is 7.88. The largest absolute Gasteiger partial charge is 0.348 e. The van der Waals surface area contributed by atoms with Gasteiger partial charge in [-0.25, -0.2) is 13.1 Å². The molecule has 3 aromatic carbocycles. The van der Waals surface area contributed by atoms with Crippen molar-refractivity contribution in [1.29, 1.82) is 0 Å². The number of carbonyl (C=O) groups excluding carboxylic acids is 1. The van der Waals surface area contributed by atoms with Gasteiger partial charge in [0, 0.05) is 29.3 Å². The van der Waals surface area contributed by atoms with Crippen molar-refractivity contribution < 1.29 is 13.2 Å². The van der Waals surface area contributed by atoms with Gasteiger partial charge in [0.05, 0.1) is 5.75 Å². The van der Waals surface area contributed by atoms with Crippen molar-refractivity contribution in [2.75, 3.05) is 0 Å². The van der Waals surface area contributed by atoms with E-state index in [2.05, 4.69) is 21.9 Å². The SMILES string of the molecule is CC(C)NS(=O)(=O)Cc1ccccc1CNC(=O)c1ccc(C#Cc2ccccc2)cc1. The fraction of sp³-hybridized carbons (Fsp3) is 0.192. The molecule has 2 N–H and O–H groups in total. The number of nitrogens with one attached hydrogen (secondary N) is 2. The molecule has 0 saturated heterocycles. The summed E-state index contributed by atoms with van der Waals surface area (Å²) >= 11 is 0. The first kappa shape index (κ1) is 23.3. The van der Waals surface area contributed by atoms with E-state index in [1.165, 1.54) is 0 Å². The molecule has 0 atom stereocenters. The lowest BCUT2D eigenvalue weighted by molar-refractivity contribution is 0.0951. The molecule has 0 bridgehead atoms. The number of benzene rings is 3. The summed E-state index contributed by atoms with van der Waals surface area (Å²) in [5, 5.41) is 2.87. The molecule has 3 rings (SSSR count). The van der Waals surface area contributed by atoms with Gasteiger partial charge in [-0.15, -0.1) is 0 Å². The van der Waals surface area contributed by atoms with Gasteiger partial charge in [0.15, 0.2) is 0 Å². The first-order chi connectivity index (χ1) is 15.3. The van der Waals surface area contributed by atoms with Crippen LogP contribution >= 0.6 is 0 Å². The zero-order valence-corrected chi connectivity index (χ0v) is 18.9. The van der Waals surface area contributed by atoms with Gasteiger partial charge in [-0.05, 0) is 61.4 Å². The Labute approximate surface area is 189 Å². The zero-order chi connectivity index (χ0) is 23.0. The van der Waals surface area contributed by atoms with Crippen molar-refractivity contribution in [2.24, 2.45) is 0 Å². The second kappa shape index (κ2) is 10.8. The minimum atomic E-state index is -3.45. The van der Waals surface area contributed by atoms with Crippen molar-refractivity contribution in [1.82, 2.24) is 10.0 Å². The normalized spacial score (nSPS) is 11.0. The standard InChI is InChI=1S/C26H26N2O3S/c1-20(2)28-32(30,31)19-25-11-7-6-10-24(25)18-27-26(29)23-16-14-22(15-17-23)13-12-21-8-4-3-5-9-21/h3-11,14-17,20,28H,18-19H2,1-2H3,(H,27,29). The van der Waals surface area contributed by atoms with Crippen LogP contribution in [0.15, 0.2) is 78.9 Å². The fourth-order valence-electron chi connectivity index (χ4n) is 3.12. The summed E-state index contributed by atoms with van der Waals surface area (Å²) in [6.45, 7) is 3.80. The van der Waals surface area contributed by atoms with Gasteiger partial charge in [-0.3, -0.25) is 4.79 Å². The van der Waals surface area contributed by atoms with Crippen molar-refractivity contribution in [3.8, 4) is 11.8 Å². The highest BCUT2D eigenvalue weighted by Crippen LogP contribution is 2.13. The molecule has 3 aromatic rings. The van der Waals surface area contributed by atoms with Crippen molar-refractivity contribution in [2.45, 2.75) is 32.2 Å². The number of carbonyl (C=O) groups is 1. The van der Waals surface area contributed by atoms with Crippen LogP contribution in [0.1, 0.15) is 46.5 Å². The Morgan fingerprint density at radius 3 is 2.00 bits per heavy atom. The molecule has 0 unspecified atom stereocenters. The second-order valence-electron chi connectivity index (χ2n) is 7.68. The number of rotatable bonds is 7. The topological polar surface area (TPSA) is 75.3 Å². The van der Waals surface area contributed by atoms with Gasteiger partial charge < -0.3 is 5.32 Å². The fourth-order valence-corrected chi connectivity index (χ4v) is 4.62. The third kappa shape index (κ3) is 7.09. The van der Waals surface area contributed by atoms with Gasteiger partial charge in [-0.2, -0.15) is 0 Å². The highest BCUT2D eigenvalue weighted by Gasteiger charge is 2.15. The van der Waals surface area contributed by atoms with Gasteiger partial charge in [0.25, 0.3) is 5.91 Å². The zero-order valence-electron chi connectivity index (χ0n) is 18.1. The Morgan fingerprint density at radius 2 is 1.38 bits per heavy atom. The van der Waals surface area contributed by atoms with E-state index in [0.717, 1.165) is 16.7 Å². The average molecular weight is 447 g/mol. The summed E-state index contributed by atoms with van der Waals surface area (Å²) < 4.78 is 27.2. The summed E-state index contributed by atoms with van der Waals surface area (Å²) in [6.07, 6.45) is 0. The van der Waals surface area contributed by atoms with E-state index in [1.807, 2.05) is 54.6 Å². The molecule has 164 valence electrons. The number of sulfonamides is 1. The van der Waals surface area contributed by atoms with Crippen LogP contribution in [0.4, 0.5) is 0 Å². The van der Waals surface area contributed by atoms with E-state index in [-0.39, 0.29) is 24.2 Å². The summed E-state index contributed by atoms with van der Waals surface area (Å²) in [4.78, 5) is 12.6. The number of amides is 1. The van der Waals surface area contributed by atoms with E-state index in [9.17, 15) is 13.2 Å². The smallest absolute Gasteiger partial charge is 0.251 e. The maximum atomic E-state index is 12.6. The van der Waals surface area contributed by atoms with Crippen LogP contribution in [0.3, 0.4) is 0 Å². The van der Waals surface area contributed by atoms with Crippen LogP contribution in [0.2, 0.25) is 0 Å². The minimum Gasteiger partial charge on any atom is -0.348 e. The second-order valence-corrected chi connectivity index (χ2v) is 9.43. The number of hydrogen-bond donors (Lipinski definition) is 2. The molecule has 6 heteroatoms. The van der Waals surface area contributed by atoms with Gasteiger partial charge in [0.2, 0.25) is 10.0 Å². The molecule has 0 heterocycles. The molecule has 0 saturated carbocycles. The molecule has 5 nitrogen and oxygen atoms in total. The molecule has 0 fully saturated rings. The lowest BCUT2D eigenvalue weighted by Gasteiger charge is -2.13. The van der Waals surface area contributed by atoms with Gasteiger partial charge >= 0.3 is 0 Å². The summed E-state index contributed by atoms with van der Waals surface area (Å²) in [7, 11) is -3.45. The van der Waals surface area contributed by atoms with Crippen LogP contribution in [0.25, 0.3) is 0 Å². The molecule has 0 aliphatic carbocycles. The van der Waals surface area contributed by atoms with Crippen LogP contribution < -0.4 is 10.0 Å². The van der Waals surface area contributed by atoms with Crippen LogP contribution in [-0.4, -0.2) is 20.4 Å². The summed E-state index contributed by atoms with van der Waals surface area (Å²) in [6, 6.07) is 23.8. The number of hydrogen-bond acceptors (Lipinski definition) is 3. The lowest BCUT2D eigenvalue weighted by Crippen LogP contribution is -2.31. The van der Waals surface area contributed by atoms with Gasteiger partial charge in [-0.1, -0.05) is 54.3 Å². The van der Waals surface area contributed by atoms with Crippen LogP contribution in [-0.2, 0) is 22.3 Å². The predicted molar refractivity (Wildman–Crippen MR) is 127 cm³/mol. The Kier molecular flexibility index (Phi) is 7.82. The summed E-state index contributed by atoms with van der Waals surface area (Å²) in [5.41, 5.74) is 3.69. The van der Waals surface area contributed by atoms with E-state index >= 15 is 0 Å². The molecule has 0 aliphatic heterocycles. The van der Waals surface area contributed by atoms with Crippen molar-refractivity contribution in [3.05, 3.63) is 107 Å². The molecular weight excluding hydrogens is 420 g/mol. The molecule has 0 spiro atoms. The van der Waals surface area contributed by atoms with Crippen LogP contribution in [0, 0.1) is 11.8 Å². The average Bonchev–Trinajstić information content (AvgIpc) is 2.77. The van der Waals surface area contributed by atoms with E-state index in [4.69, 9.17) is 0 Å². The molecular formula is C26H26N2O3S. The Bertz CT molecular complexity index is 1220. The third-order valence-electron chi connectivity index (χ3n) is 4.59.